The summed E-state index contributed by atoms with van der Waals surface area (Å²) in [5.41, 5.74) is 2.77. The van der Waals surface area contributed by atoms with Gasteiger partial charge >= 0.3 is 0 Å². The van der Waals surface area contributed by atoms with Crippen molar-refractivity contribution >= 4 is 0 Å². The second-order valence-corrected chi connectivity index (χ2v) is 4.14. The van der Waals surface area contributed by atoms with Crippen LogP contribution in [0.1, 0.15) is 47.0 Å². The van der Waals surface area contributed by atoms with E-state index in [2.05, 4.69) is 39.0 Å². The van der Waals surface area contributed by atoms with Crippen LogP contribution in [0.4, 0.5) is 0 Å². The van der Waals surface area contributed by atoms with Gasteiger partial charge in [0, 0.05) is 5.92 Å². The SMILES string of the molecule is CC(C)=CCCC(C)=CCC(C)C#N. The van der Waals surface area contributed by atoms with Gasteiger partial charge < -0.3 is 0 Å². The number of nitrogens with zero attached hydrogens (tertiary/aromatic N) is 1. The molecule has 14 heavy (non-hydrogen) atoms. The van der Waals surface area contributed by atoms with E-state index in [1.165, 1.54) is 11.1 Å². The van der Waals surface area contributed by atoms with Gasteiger partial charge in [-0.3, -0.25) is 0 Å². The predicted octanol–water partition coefficient (Wildman–Crippen LogP) is 4.23. The van der Waals surface area contributed by atoms with Gasteiger partial charge in [-0.05, 0) is 47.0 Å². The van der Waals surface area contributed by atoms with Crippen LogP contribution in [0, 0.1) is 17.2 Å². The van der Waals surface area contributed by atoms with Crippen LogP contribution in [0.3, 0.4) is 0 Å². The summed E-state index contributed by atoms with van der Waals surface area (Å²) in [5, 5.41) is 8.61. The first-order chi connectivity index (χ1) is 6.56. The van der Waals surface area contributed by atoms with E-state index >= 15 is 0 Å². The number of rotatable bonds is 5. The van der Waals surface area contributed by atoms with Crippen molar-refractivity contribution in [1.29, 1.82) is 5.26 Å². The summed E-state index contributed by atoms with van der Waals surface area (Å²) in [7, 11) is 0. The van der Waals surface area contributed by atoms with Crippen molar-refractivity contribution in [3.63, 3.8) is 0 Å². The van der Waals surface area contributed by atoms with Gasteiger partial charge in [-0.1, -0.05) is 23.3 Å². The lowest BCUT2D eigenvalue weighted by Crippen LogP contribution is -1.87. The molecule has 0 amide bonds. The lowest BCUT2D eigenvalue weighted by atomic mass is 10.0. The summed E-state index contributed by atoms with van der Waals surface area (Å²) in [4.78, 5) is 0. The zero-order valence-electron chi connectivity index (χ0n) is 9.80. The Bertz CT molecular complexity index is 249. The van der Waals surface area contributed by atoms with Crippen LogP contribution in [-0.2, 0) is 0 Å². The molecule has 0 bridgehead atoms. The number of hydrogen-bond acceptors (Lipinski definition) is 1. The Balaban J connectivity index is 3.79. The Morgan fingerprint density at radius 2 is 1.93 bits per heavy atom. The van der Waals surface area contributed by atoms with Gasteiger partial charge in [-0.25, -0.2) is 0 Å². The highest BCUT2D eigenvalue weighted by Crippen LogP contribution is 2.10. The van der Waals surface area contributed by atoms with Crippen LogP contribution in [0.5, 0.6) is 0 Å². The summed E-state index contributed by atoms with van der Waals surface area (Å²) >= 11 is 0. The molecule has 0 aliphatic carbocycles. The average Bonchev–Trinajstić information content (AvgIpc) is 2.13. The fraction of sp³-hybridized carbons (Fsp3) is 0.615. The first-order valence-corrected chi connectivity index (χ1v) is 5.25. The van der Waals surface area contributed by atoms with E-state index in [0.717, 1.165) is 19.3 Å². The smallest absolute Gasteiger partial charge is 0.0656 e. The van der Waals surface area contributed by atoms with E-state index in [4.69, 9.17) is 5.26 Å². The standard InChI is InChI=1S/C13H21N/c1-11(2)6-5-7-12(3)8-9-13(4)10-14/h6,8,13H,5,7,9H2,1-4H3. The monoisotopic (exact) mass is 191 g/mol. The Morgan fingerprint density at radius 3 is 2.43 bits per heavy atom. The molecule has 0 aliphatic heterocycles. The van der Waals surface area contributed by atoms with Crippen molar-refractivity contribution in [3.05, 3.63) is 23.3 Å². The number of hydrogen-bond donors (Lipinski definition) is 0. The predicted molar refractivity (Wildman–Crippen MR) is 61.8 cm³/mol. The van der Waals surface area contributed by atoms with E-state index < -0.39 is 0 Å². The van der Waals surface area contributed by atoms with Crippen molar-refractivity contribution < 1.29 is 0 Å². The highest BCUT2D eigenvalue weighted by molar-refractivity contribution is 5.03. The van der Waals surface area contributed by atoms with Crippen LogP contribution >= 0.6 is 0 Å². The zero-order valence-corrected chi connectivity index (χ0v) is 9.80. The Kier molecular flexibility index (Phi) is 6.84. The number of allylic oxidation sites excluding steroid dienone is 4. The van der Waals surface area contributed by atoms with Gasteiger partial charge in [0.2, 0.25) is 0 Å². The lowest BCUT2D eigenvalue weighted by molar-refractivity contribution is 0.751. The first-order valence-electron chi connectivity index (χ1n) is 5.25. The number of nitriles is 1. The van der Waals surface area contributed by atoms with Crippen molar-refractivity contribution in [1.82, 2.24) is 0 Å². The maximum absolute atomic E-state index is 8.61. The van der Waals surface area contributed by atoms with Crippen LogP contribution in [-0.4, -0.2) is 0 Å². The molecule has 1 unspecified atom stereocenters. The van der Waals surface area contributed by atoms with Crippen molar-refractivity contribution in [2.75, 3.05) is 0 Å². The first kappa shape index (κ1) is 13.0. The molecule has 1 nitrogen and oxygen atoms in total. The van der Waals surface area contributed by atoms with Crippen molar-refractivity contribution in [2.24, 2.45) is 5.92 Å². The van der Waals surface area contributed by atoms with Crippen LogP contribution in [0.15, 0.2) is 23.3 Å². The second-order valence-electron chi connectivity index (χ2n) is 4.14. The molecule has 0 radical (unpaired) electrons. The van der Waals surface area contributed by atoms with E-state index in [1.807, 2.05) is 6.92 Å². The van der Waals surface area contributed by atoms with Crippen LogP contribution in [0.2, 0.25) is 0 Å². The topological polar surface area (TPSA) is 23.8 Å². The lowest BCUT2D eigenvalue weighted by Gasteiger charge is -2.00. The highest BCUT2D eigenvalue weighted by atomic mass is 14.2. The van der Waals surface area contributed by atoms with Gasteiger partial charge in [0.1, 0.15) is 0 Å². The Labute approximate surface area is 88.1 Å². The van der Waals surface area contributed by atoms with Crippen molar-refractivity contribution in [2.45, 2.75) is 47.0 Å². The van der Waals surface area contributed by atoms with Crippen LogP contribution in [0.25, 0.3) is 0 Å². The molecule has 0 aromatic heterocycles. The molecular weight excluding hydrogens is 170 g/mol. The van der Waals surface area contributed by atoms with Gasteiger partial charge in [0.15, 0.2) is 0 Å². The van der Waals surface area contributed by atoms with Crippen LogP contribution < -0.4 is 0 Å². The van der Waals surface area contributed by atoms with Gasteiger partial charge in [-0.2, -0.15) is 5.26 Å². The molecule has 78 valence electrons. The minimum absolute atomic E-state index is 0.147. The van der Waals surface area contributed by atoms with E-state index in [0.29, 0.717) is 0 Å². The molecule has 0 aliphatic rings. The molecule has 1 heteroatoms. The zero-order chi connectivity index (χ0) is 11.0. The molecule has 0 N–H and O–H groups in total. The molecule has 1 atom stereocenters. The fourth-order valence-electron chi connectivity index (χ4n) is 1.12. The van der Waals surface area contributed by atoms with E-state index in [-0.39, 0.29) is 5.92 Å². The van der Waals surface area contributed by atoms with Gasteiger partial charge in [0.05, 0.1) is 6.07 Å². The van der Waals surface area contributed by atoms with Gasteiger partial charge in [0.25, 0.3) is 0 Å². The summed E-state index contributed by atoms with van der Waals surface area (Å²) < 4.78 is 0. The molecule has 0 saturated carbocycles. The molecule has 0 rings (SSSR count). The van der Waals surface area contributed by atoms with Crippen molar-refractivity contribution in [3.8, 4) is 6.07 Å². The molecule has 0 fully saturated rings. The summed E-state index contributed by atoms with van der Waals surface area (Å²) in [6.45, 7) is 8.34. The highest BCUT2D eigenvalue weighted by Gasteiger charge is 1.96. The normalized spacial score (nSPS) is 13.2. The van der Waals surface area contributed by atoms with E-state index in [9.17, 15) is 0 Å². The molecule has 0 heterocycles. The summed E-state index contributed by atoms with van der Waals surface area (Å²) in [6, 6.07) is 2.24. The molecule has 0 spiro atoms. The third-order valence-corrected chi connectivity index (χ3v) is 2.13. The fourth-order valence-corrected chi connectivity index (χ4v) is 1.12. The molecule has 0 aromatic rings. The average molecular weight is 191 g/mol. The maximum Gasteiger partial charge on any atom is 0.0656 e. The summed E-state index contributed by atoms with van der Waals surface area (Å²) in [6.07, 6.45) is 7.56. The third-order valence-electron chi connectivity index (χ3n) is 2.13. The minimum atomic E-state index is 0.147. The Hall–Kier alpha value is -1.03. The minimum Gasteiger partial charge on any atom is -0.198 e. The largest absolute Gasteiger partial charge is 0.198 e. The second kappa shape index (κ2) is 7.38. The molecule has 0 saturated heterocycles. The third kappa shape index (κ3) is 7.61. The maximum atomic E-state index is 8.61. The van der Waals surface area contributed by atoms with E-state index in [1.54, 1.807) is 0 Å². The van der Waals surface area contributed by atoms with Gasteiger partial charge in [-0.15, -0.1) is 0 Å². The Morgan fingerprint density at radius 1 is 1.29 bits per heavy atom. The molecular formula is C13H21N. The summed E-state index contributed by atoms with van der Waals surface area (Å²) in [5.74, 6) is 0.147. The quantitative estimate of drug-likeness (QED) is 0.596. The molecule has 0 aromatic carbocycles.